The predicted molar refractivity (Wildman–Crippen MR) is 67.8 cm³/mol. The number of carboxylic acids is 1. The molecule has 1 aromatic rings. The van der Waals surface area contributed by atoms with E-state index < -0.39 is 5.97 Å². The van der Waals surface area contributed by atoms with Crippen LogP contribution in [0.3, 0.4) is 0 Å². The first-order valence-corrected chi connectivity index (χ1v) is 5.61. The molecule has 0 radical (unpaired) electrons. The van der Waals surface area contributed by atoms with Crippen LogP contribution >= 0.6 is 11.6 Å². The van der Waals surface area contributed by atoms with Crippen molar-refractivity contribution in [3.05, 3.63) is 28.8 Å². The number of carbonyl (C=O) groups is 1. The van der Waals surface area contributed by atoms with Crippen LogP contribution in [0, 0.1) is 5.41 Å². The number of aliphatic hydroxyl groups excluding tert-OH is 1. The molecule has 17 heavy (non-hydrogen) atoms. The van der Waals surface area contributed by atoms with E-state index in [1.807, 2.05) is 13.8 Å². The van der Waals surface area contributed by atoms with Crippen LogP contribution in [-0.4, -0.2) is 29.3 Å². The minimum atomic E-state index is -1.06. The smallest absolute Gasteiger partial charge is 0.337 e. The number of nitrogens with one attached hydrogen (secondary N) is 1. The maximum Gasteiger partial charge on any atom is 0.337 e. The Labute approximate surface area is 105 Å². The first-order valence-electron chi connectivity index (χ1n) is 5.23. The highest BCUT2D eigenvalue weighted by Gasteiger charge is 2.16. The summed E-state index contributed by atoms with van der Waals surface area (Å²) in [5.74, 6) is -1.06. The van der Waals surface area contributed by atoms with Crippen molar-refractivity contribution in [3.63, 3.8) is 0 Å². The fourth-order valence-corrected chi connectivity index (χ4v) is 1.39. The van der Waals surface area contributed by atoms with Crippen molar-refractivity contribution in [2.75, 3.05) is 18.5 Å². The van der Waals surface area contributed by atoms with Crippen molar-refractivity contribution in [1.29, 1.82) is 0 Å². The molecule has 94 valence electrons. The van der Waals surface area contributed by atoms with Gasteiger partial charge in [0.1, 0.15) is 0 Å². The largest absolute Gasteiger partial charge is 0.478 e. The highest BCUT2D eigenvalue weighted by Crippen LogP contribution is 2.22. The summed E-state index contributed by atoms with van der Waals surface area (Å²) >= 11 is 5.76. The summed E-state index contributed by atoms with van der Waals surface area (Å²) in [4.78, 5) is 10.9. The molecule has 1 rings (SSSR count). The van der Waals surface area contributed by atoms with Crippen LogP contribution in [-0.2, 0) is 0 Å². The number of hydrogen-bond acceptors (Lipinski definition) is 3. The number of rotatable bonds is 5. The molecular weight excluding hydrogens is 242 g/mol. The van der Waals surface area contributed by atoms with Gasteiger partial charge in [-0.25, -0.2) is 4.79 Å². The van der Waals surface area contributed by atoms with Crippen molar-refractivity contribution < 1.29 is 15.0 Å². The second-order valence-electron chi connectivity index (χ2n) is 4.68. The standard InChI is InChI=1S/C12H16ClNO3/c1-12(2,7-15)6-14-8-3-4-10(13)9(5-8)11(16)17/h3-5,14-15H,6-7H2,1-2H3,(H,16,17). The summed E-state index contributed by atoms with van der Waals surface area (Å²) in [6.07, 6.45) is 0. The molecule has 0 spiro atoms. The maximum absolute atomic E-state index is 10.9. The molecule has 0 heterocycles. The van der Waals surface area contributed by atoms with Crippen LogP contribution in [0.25, 0.3) is 0 Å². The molecule has 1 aromatic carbocycles. The van der Waals surface area contributed by atoms with Crippen molar-refractivity contribution in [2.45, 2.75) is 13.8 Å². The lowest BCUT2D eigenvalue weighted by molar-refractivity contribution is 0.0697. The topological polar surface area (TPSA) is 69.6 Å². The number of aliphatic hydroxyl groups is 1. The Morgan fingerprint density at radius 2 is 2.12 bits per heavy atom. The third kappa shape index (κ3) is 3.91. The molecule has 0 atom stereocenters. The number of carboxylic acid groups (broad SMARTS) is 1. The van der Waals surface area contributed by atoms with Crippen LogP contribution < -0.4 is 5.32 Å². The van der Waals surface area contributed by atoms with Gasteiger partial charge in [-0.1, -0.05) is 25.4 Å². The average Bonchev–Trinajstić information content (AvgIpc) is 2.27. The van der Waals surface area contributed by atoms with E-state index in [4.69, 9.17) is 21.8 Å². The minimum absolute atomic E-state index is 0.0549. The van der Waals surface area contributed by atoms with E-state index in [0.29, 0.717) is 12.2 Å². The molecule has 5 heteroatoms. The normalized spacial score (nSPS) is 11.3. The van der Waals surface area contributed by atoms with Gasteiger partial charge >= 0.3 is 5.97 Å². The Balaban J connectivity index is 2.80. The van der Waals surface area contributed by atoms with Gasteiger partial charge in [-0.15, -0.1) is 0 Å². The SMILES string of the molecule is CC(C)(CO)CNc1ccc(Cl)c(C(=O)O)c1. The van der Waals surface area contributed by atoms with Gasteiger partial charge in [0.05, 0.1) is 10.6 Å². The second kappa shape index (κ2) is 5.38. The summed E-state index contributed by atoms with van der Waals surface area (Å²) in [6.45, 7) is 4.42. The summed E-state index contributed by atoms with van der Waals surface area (Å²) in [5.41, 5.74) is 0.482. The predicted octanol–water partition coefficient (Wildman–Crippen LogP) is 2.47. The lowest BCUT2D eigenvalue weighted by Gasteiger charge is -2.22. The van der Waals surface area contributed by atoms with Gasteiger partial charge in [0.15, 0.2) is 0 Å². The zero-order valence-corrected chi connectivity index (χ0v) is 10.6. The van der Waals surface area contributed by atoms with Crippen LogP contribution in [0.1, 0.15) is 24.2 Å². The summed E-state index contributed by atoms with van der Waals surface area (Å²) in [6, 6.07) is 4.74. The molecule has 0 unspecified atom stereocenters. The lowest BCUT2D eigenvalue weighted by atomic mass is 9.95. The lowest BCUT2D eigenvalue weighted by Crippen LogP contribution is -2.26. The fraction of sp³-hybridized carbons (Fsp3) is 0.417. The van der Waals surface area contributed by atoms with Crippen molar-refractivity contribution in [3.8, 4) is 0 Å². The first-order chi connectivity index (χ1) is 7.85. The molecule has 0 aromatic heterocycles. The van der Waals surface area contributed by atoms with E-state index in [-0.39, 0.29) is 22.6 Å². The second-order valence-corrected chi connectivity index (χ2v) is 5.08. The Morgan fingerprint density at radius 3 is 2.65 bits per heavy atom. The molecule has 0 saturated heterocycles. The molecule has 0 aliphatic rings. The quantitative estimate of drug-likeness (QED) is 0.758. The molecular formula is C12H16ClNO3. The Morgan fingerprint density at radius 1 is 1.47 bits per heavy atom. The number of halogens is 1. The van der Waals surface area contributed by atoms with Crippen LogP contribution in [0.4, 0.5) is 5.69 Å². The van der Waals surface area contributed by atoms with Gasteiger partial charge < -0.3 is 15.5 Å². The van der Waals surface area contributed by atoms with Gasteiger partial charge in [-0.05, 0) is 18.2 Å². The van der Waals surface area contributed by atoms with Gasteiger partial charge in [0.2, 0.25) is 0 Å². The molecule has 4 nitrogen and oxygen atoms in total. The summed E-state index contributed by atoms with van der Waals surface area (Å²) < 4.78 is 0. The van der Waals surface area contributed by atoms with Crippen LogP contribution in [0.15, 0.2) is 18.2 Å². The summed E-state index contributed by atoms with van der Waals surface area (Å²) in [5, 5.41) is 21.3. The Hall–Kier alpha value is -1.26. The average molecular weight is 258 g/mol. The monoisotopic (exact) mass is 257 g/mol. The van der Waals surface area contributed by atoms with E-state index in [2.05, 4.69) is 5.32 Å². The number of benzene rings is 1. The van der Waals surface area contributed by atoms with Crippen molar-refractivity contribution in [1.82, 2.24) is 0 Å². The van der Waals surface area contributed by atoms with Gasteiger partial charge in [-0.3, -0.25) is 0 Å². The molecule has 0 bridgehead atoms. The third-order valence-electron chi connectivity index (χ3n) is 2.40. The summed E-state index contributed by atoms with van der Waals surface area (Å²) in [7, 11) is 0. The van der Waals surface area contributed by atoms with E-state index >= 15 is 0 Å². The molecule has 0 fully saturated rings. The van der Waals surface area contributed by atoms with E-state index in [9.17, 15) is 4.79 Å². The van der Waals surface area contributed by atoms with E-state index in [0.717, 1.165) is 0 Å². The first kappa shape index (κ1) is 13.8. The Bertz CT molecular complexity index is 418. The van der Waals surface area contributed by atoms with Crippen molar-refractivity contribution in [2.24, 2.45) is 5.41 Å². The Kier molecular flexibility index (Phi) is 4.37. The highest BCUT2D eigenvalue weighted by atomic mass is 35.5. The van der Waals surface area contributed by atoms with Gasteiger partial charge in [0.25, 0.3) is 0 Å². The maximum atomic E-state index is 10.9. The fourth-order valence-electron chi connectivity index (χ4n) is 1.20. The minimum Gasteiger partial charge on any atom is -0.478 e. The van der Waals surface area contributed by atoms with Crippen LogP contribution in [0.5, 0.6) is 0 Å². The molecule has 0 amide bonds. The third-order valence-corrected chi connectivity index (χ3v) is 2.73. The number of anilines is 1. The molecule has 0 saturated carbocycles. The highest BCUT2D eigenvalue weighted by molar-refractivity contribution is 6.33. The van der Waals surface area contributed by atoms with Gasteiger partial charge in [0, 0.05) is 24.3 Å². The molecule has 0 aliphatic heterocycles. The van der Waals surface area contributed by atoms with Crippen LogP contribution in [0.2, 0.25) is 5.02 Å². The van der Waals surface area contributed by atoms with Gasteiger partial charge in [-0.2, -0.15) is 0 Å². The molecule has 3 N–H and O–H groups in total. The number of hydrogen-bond donors (Lipinski definition) is 3. The molecule has 0 aliphatic carbocycles. The zero-order valence-electron chi connectivity index (χ0n) is 9.83. The number of aromatic carboxylic acids is 1. The van der Waals surface area contributed by atoms with Crippen molar-refractivity contribution >= 4 is 23.3 Å². The van der Waals surface area contributed by atoms with E-state index in [1.165, 1.54) is 6.07 Å². The van der Waals surface area contributed by atoms with E-state index in [1.54, 1.807) is 12.1 Å². The zero-order chi connectivity index (χ0) is 13.1.